The highest BCUT2D eigenvalue weighted by molar-refractivity contribution is 5.57. The third-order valence-corrected chi connectivity index (χ3v) is 5.56. The lowest BCUT2D eigenvalue weighted by Crippen LogP contribution is -2.31. The van der Waals surface area contributed by atoms with Crippen LogP contribution in [-0.2, 0) is 6.42 Å². The Morgan fingerprint density at radius 1 is 1.15 bits per heavy atom. The van der Waals surface area contributed by atoms with Crippen LogP contribution in [0.2, 0.25) is 0 Å². The molecule has 0 amide bonds. The van der Waals surface area contributed by atoms with E-state index in [1.54, 1.807) is 0 Å². The Bertz CT molecular complexity index is 783. The van der Waals surface area contributed by atoms with Gasteiger partial charge in [-0.1, -0.05) is 24.3 Å². The molecule has 4 rings (SSSR count). The van der Waals surface area contributed by atoms with Gasteiger partial charge < -0.3 is 10.2 Å². The molecule has 0 aliphatic carbocycles. The summed E-state index contributed by atoms with van der Waals surface area (Å²) in [6.07, 6.45) is 2.20. The maximum absolute atomic E-state index is 14.1. The fourth-order valence-electron chi connectivity index (χ4n) is 4.13. The Hall–Kier alpha value is -2.02. The Balaban J connectivity index is 1.23. The minimum atomic E-state index is -0.541. The van der Waals surface area contributed by atoms with E-state index >= 15 is 0 Å². The second-order valence-electron chi connectivity index (χ2n) is 7.35. The number of halogens is 2. The van der Waals surface area contributed by atoms with Crippen LogP contribution in [0.25, 0.3) is 0 Å². The molecule has 2 heterocycles. The number of rotatable bonds is 7. The first kappa shape index (κ1) is 18.3. The van der Waals surface area contributed by atoms with Gasteiger partial charge in [0.15, 0.2) is 0 Å². The van der Waals surface area contributed by atoms with Crippen molar-refractivity contribution in [3.05, 3.63) is 65.2 Å². The van der Waals surface area contributed by atoms with Crippen LogP contribution in [0, 0.1) is 17.6 Å². The molecule has 0 radical (unpaired) electrons. The molecule has 2 aliphatic rings. The van der Waals surface area contributed by atoms with Crippen molar-refractivity contribution in [2.24, 2.45) is 5.92 Å². The first-order chi connectivity index (χ1) is 13.2. The normalized spacial score (nSPS) is 21.6. The molecule has 0 aromatic heterocycles. The highest BCUT2D eigenvalue weighted by Crippen LogP contribution is 2.28. The summed E-state index contributed by atoms with van der Waals surface area (Å²) < 4.78 is 27.2. The molecule has 27 heavy (non-hydrogen) atoms. The summed E-state index contributed by atoms with van der Waals surface area (Å²) in [4.78, 5) is 2.45. The highest BCUT2D eigenvalue weighted by Gasteiger charge is 2.30. The minimum Gasteiger partial charge on any atom is -0.371 e. The summed E-state index contributed by atoms with van der Waals surface area (Å²) >= 11 is 0. The van der Waals surface area contributed by atoms with Gasteiger partial charge in [-0.3, -0.25) is 5.43 Å². The van der Waals surface area contributed by atoms with E-state index in [0.29, 0.717) is 5.56 Å². The largest absolute Gasteiger partial charge is 0.371 e. The molecule has 4 nitrogen and oxygen atoms in total. The predicted molar refractivity (Wildman–Crippen MR) is 104 cm³/mol. The number of hydrogen-bond acceptors (Lipinski definition) is 4. The molecule has 1 saturated heterocycles. The quantitative estimate of drug-likeness (QED) is 0.654. The van der Waals surface area contributed by atoms with E-state index in [-0.39, 0.29) is 12.0 Å². The van der Waals surface area contributed by atoms with Crippen molar-refractivity contribution in [2.75, 3.05) is 37.6 Å². The van der Waals surface area contributed by atoms with Gasteiger partial charge in [-0.25, -0.2) is 14.2 Å². The molecule has 2 aromatic rings. The van der Waals surface area contributed by atoms with Crippen LogP contribution < -0.4 is 21.1 Å². The molecule has 1 fully saturated rings. The maximum Gasteiger partial charge on any atom is 0.130 e. The molecule has 2 aliphatic heterocycles. The average molecular weight is 372 g/mol. The van der Waals surface area contributed by atoms with Crippen LogP contribution in [0.1, 0.15) is 23.6 Å². The zero-order valence-electron chi connectivity index (χ0n) is 15.3. The predicted octanol–water partition coefficient (Wildman–Crippen LogP) is 2.77. The van der Waals surface area contributed by atoms with Crippen LogP contribution in [0.3, 0.4) is 0 Å². The number of benzene rings is 2. The van der Waals surface area contributed by atoms with Crippen molar-refractivity contribution >= 4 is 5.69 Å². The van der Waals surface area contributed by atoms with E-state index in [1.165, 1.54) is 23.4 Å². The first-order valence-electron chi connectivity index (χ1n) is 9.69. The summed E-state index contributed by atoms with van der Waals surface area (Å²) in [6.45, 7) is 4.61. The molecule has 0 bridgehead atoms. The van der Waals surface area contributed by atoms with Gasteiger partial charge in [0, 0.05) is 49.4 Å². The van der Waals surface area contributed by atoms with Crippen molar-refractivity contribution in [1.29, 1.82) is 0 Å². The lowest BCUT2D eigenvalue weighted by Gasteiger charge is -2.21. The maximum atomic E-state index is 14.1. The Morgan fingerprint density at radius 2 is 2.04 bits per heavy atom. The highest BCUT2D eigenvalue weighted by atomic mass is 19.1. The van der Waals surface area contributed by atoms with E-state index < -0.39 is 11.6 Å². The second kappa shape index (κ2) is 8.33. The third kappa shape index (κ3) is 4.13. The zero-order valence-corrected chi connectivity index (χ0v) is 15.3. The Morgan fingerprint density at radius 3 is 2.93 bits per heavy atom. The topological polar surface area (TPSA) is 39.3 Å². The Labute approximate surface area is 158 Å². The molecule has 0 saturated carbocycles. The van der Waals surface area contributed by atoms with E-state index in [2.05, 4.69) is 45.3 Å². The number of para-hydroxylation sites is 1. The van der Waals surface area contributed by atoms with E-state index in [1.807, 2.05) is 0 Å². The van der Waals surface area contributed by atoms with Gasteiger partial charge in [-0.05, 0) is 37.1 Å². The molecule has 6 heteroatoms. The van der Waals surface area contributed by atoms with Crippen LogP contribution in [0.4, 0.5) is 14.5 Å². The van der Waals surface area contributed by atoms with Gasteiger partial charge in [0.2, 0.25) is 0 Å². The molecular formula is C21H26F2N4. The monoisotopic (exact) mass is 372 g/mol. The molecule has 2 atom stereocenters. The Kier molecular flexibility index (Phi) is 5.66. The lowest BCUT2D eigenvalue weighted by molar-refractivity contribution is 0.424. The number of nitrogens with zero attached hydrogens (tertiary/aromatic N) is 1. The number of fused-ring (bicyclic) bond motifs is 1. The van der Waals surface area contributed by atoms with Crippen molar-refractivity contribution in [2.45, 2.75) is 18.9 Å². The van der Waals surface area contributed by atoms with Crippen molar-refractivity contribution < 1.29 is 8.78 Å². The number of anilines is 1. The molecule has 2 aromatic carbocycles. The average Bonchev–Trinajstić information content (AvgIpc) is 3.29. The van der Waals surface area contributed by atoms with E-state index in [9.17, 15) is 8.78 Å². The van der Waals surface area contributed by atoms with Crippen LogP contribution >= 0.6 is 0 Å². The van der Waals surface area contributed by atoms with Gasteiger partial charge >= 0.3 is 0 Å². The van der Waals surface area contributed by atoms with Gasteiger partial charge in [0.1, 0.15) is 11.6 Å². The summed E-state index contributed by atoms with van der Waals surface area (Å²) in [7, 11) is 0. The van der Waals surface area contributed by atoms with Crippen LogP contribution in [0.5, 0.6) is 0 Å². The van der Waals surface area contributed by atoms with Crippen molar-refractivity contribution in [1.82, 2.24) is 16.2 Å². The standard InChI is InChI=1S/C21H26F2N4/c22-17-6-7-18(19(23)12-17)21-16(14-25-26-21)13-24-9-3-10-27-11-8-15-4-1-2-5-20(15)27/h1-2,4-7,12,16,21,24-26H,3,8-11,13-14H2. The molecule has 2 unspecified atom stereocenters. The number of hydrogen-bond donors (Lipinski definition) is 3. The zero-order chi connectivity index (χ0) is 18.6. The fraction of sp³-hybridized carbons (Fsp3) is 0.429. The summed E-state index contributed by atoms with van der Waals surface area (Å²) in [6, 6.07) is 12.3. The van der Waals surface area contributed by atoms with Gasteiger partial charge in [-0.15, -0.1) is 0 Å². The SMILES string of the molecule is Fc1ccc(C2NNCC2CNCCCN2CCc3ccccc32)c(F)c1. The summed E-state index contributed by atoms with van der Waals surface area (Å²) in [5.41, 5.74) is 9.55. The van der Waals surface area contributed by atoms with Crippen molar-refractivity contribution in [3.8, 4) is 0 Å². The minimum absolute atomic E-state index is 0.149. The summed E-state index contributed by atoms with van der Waals surface area (Å²) in [5, 5.41) is 3.50. The van der Waals surface area contributed by atoms with Gasteiger partial charge in [-0.2, -0.15) is 0 Å². The lowest BCUT2D eigenvalue weighted by atomic mass is 9.94. The van der Waals surface area contributed by atoms with E-state index in [4.69, 9.17) is 0 Å². The first-order valence-corrected chi connectivity index (χ1v) is 9.69. The summed E-state index contributed by atoms with van der Waals surface area (Å²) in [5.74, 6) is -0.813. The van der Waals surface area contributed by atoms with Crippen LogP contribution in [-0.4, -0.2) is 32.7 Å². The molecular weight excluding hydrogens is 346 g/mol. The van der Waals surface area contributed by atoms with Crippen LogP contribution in [0.15, 0.2) is 42.5 Å². The van der Waals surface area contributed by atoms with E-state index in [0.717, 1.165) is 51.6 Å². The third-order valence-electron chi connectivity index (χ3n) is 5.56. The smallest absolute Gasteiger partial charge is 0.130 e. The fourth-order valence-corrected chi connectivity index (χ4v) is 4.13. The number of nitrogens with one attached hydrogen (secondary N) is 3. The van der Waals surface area contributed by atoms with Gasteiger partial charge in [0.05, 0.1) is 6.04 Å². The number of hydrazine groups is 1. The van der Waals surface area contributed by atoms with Gasteiger partial charge in [0.25, 0.3) is 0 Å². The molecule has 3 N–H and O–H groups in total. The molecule has 144 valence electrons. The molecule has 0 spiro atoms. The second-order valence-corrected chi connectivity index (χ2v) is 7.35. The van der Waals surface area contributed by atoms with Crippen molar-refractivity contribution in [3.63, 3.8) is 0 Å².